The van der Waals surface area contributed by atoms with Gasteiger partial charge in [0, 0.05) is 36.9 Å². The van der Waals surface area contributed by atoms with Crippen molar-refractivity contribution in [1.82, 2.24) is 0 Å². The van der Waals surface area contributed by atoms with Crippen molar-refractivity contribution in [2.24, 2.45) is 17.2 Å². The van der Waals surface area contributed by atoms with Gasteiger partial charge in [-0.15, -0.1) is 0 Å². The summed E-state index contributed by atoms with van der Waals surface area (Å²) in [4.78, 5) is 0. The molecule has 0 heterocycles. The van der Waals surface area contributed by atoms with E-state index in [1.54, 1.807) is 21.6 Å². The number of nitrogens with two attached hydrogens (primary N) is 3. The number of rotatable bonds is 6. The summed E-state index contributed by atoms with van der Waals surface area (Å²) in [6.07, 6.45) is 0. The summed E-state index contributed by atoms with van der Waals surface area (Å²) < 4.78 is 0. The van der Waals surface area contributed by atoms with Gasteiger partial charge in [0.25, 0.3) is 0 Å². The molecule has 0 rings (SSSR count). The molecule has 0 aromatic heterocycles. The van der Waals surface area contributed by atoms with E-state index in [1.165, 1.54) is 0 Å². The van der Waals surface area contributed by atoms with Crippen LogP contribution < -0.4 is 17.2 Å². The summed E-state index contributed by atoms with van der Waals surface area (Å²) in [6.45, 7) is 2.22. The maximum absolute atomic E-state index is 5.25. The first-order chi connectivity index (χ1) is 5.83. The maximum Gasteiger partial charge on any atom is 0.0160 e. The van der Waals surface area contributed by atoms with E-state index in [0.717, 1.165) is 30.3 Å². The van der Waals surface area contributed by atoms with Crippen molar-refractivity contribution < 1.29 is 0 Å². The van der Waals surface area contributed by atoms with Crippen LogP contribution in [-0.2, 0) is 0 Å². The fourth-order valence-corrected chi connectivity index (χ4v) is 1.93. The van der Waals surface area contributed by atoms with Gasteiger partial charge in [-0.25, -0.2) is 0 Å². The Morgan fingerprint density at radius 2 is 1.17 bits per heavy atom. The number of hydrogen-bond acceptors (Lipinski definition) is 6. The molecule has 0 aromatic carbocycles. The van der Waals surface area contributed by atoms with Crippen LogP contribution in [0, 0.1) is 0 Å². The quantitative estimate of drug-likeness (QED) is 0.296. The smallest absolute Gasteiger partial charge is 0.0160 e. The van der Waals surface area contributed by atoms with E-state index in [1.807, 2.05) is 0 Å². The van der Waals surface area contributed by atoms with Crippen LogP contribution in [0.2, 0.25) is 0 Å². The van der Waals surface area contributed by atoms with E-state index in [-0.39, 0.29) is 0 Å². The van der Waals surface area contributed by atoms with Crippen LogP contribution in [0.4, 0.5) is 0 Å². The lowest BCUT2D eigenvalue weighted by atomic mass is 10.8. The van der Waals surface area contributed by atoms with Crippen molar-refractivity contribution in [2.75, 3.05) is 36.9 Å². The first-order valence-electron chi connectivity index (χ1n) is 3.78. The maximum atomic E-state index is 5.25. The molecule has 0 amide bonds. The van der Waals surface area contributed by atoms with Crippen molar-refractivity contribution in [2.45, 2.75) is 0 Å². The Kier molecular flexibility index (Phi) is 22.9. The molecule has 12 heavy (non-hydrogen) atoms. The van der Waals surface area contributed by atoms with Gasteiger partial charge in [-0.3, -0.25) is 0 Å². The molecule has 0 unspecified atom stereocenters. The zero-order valence-electron chi connectivity index (χ0n) is 7.24. The van der Waals surface area contributed by atoms with Crippen molar-refractivity contribution >= 4 is 34.2 Å². The molecule has 0 saturated heterocycles. The summed E-state index contributed by atoms with van der Waals surface area (Å²) in [5.74, 6) is 2.86. The topological polar surface area (TPSA) is 78.1 Å². The normalized spacial score (nSPS) is 9.00. The monoisotopic (exact) mass is 229 g/mol. The highest BCUT2D eigenvalue weighted by molar-refractivity contribution is 8.76. The van der Waals surface area contributed by atoms with Crippen LogP contribution in [0.5, 0.6) is 0 Å². The molecule has 0 fully saturated rings. The average molecular weight is 229 g/mol. The van der Waals surface area contributed by atoms with E-state index in [9.17, 15) is 0 Å². The zero-order valence-corrected chi connectivity index (χ0v) is 9.77. The second-order valence-electron chi connectivity index (χ2n) is 1.73. The number of thiol groups is 1. The summed E-state index contributed by atoms with van der Waals surface area (Å²) in [5.41, 5.74) is 15.4. The summed E-state index contributed by atoms with van der Waals surface area (Å²) in [6, 6.07) is 0. The van der Waals surface area contributed by atoms with Crippen molar-refractivity contribution in [3.05, 3.63) is 0 Å². The molecule has 76 valence electrons. The van der Waals surface area contributed by atoms with Gasteiger partial charge in [0.1, 0.15) is 0 Å². The van der Waals surface area contributed by atoms with Crippen LogP contribution in [0.1, 0.15) is 0 Å². The van der Waals surface area contributed by atoms with Gasteiger partial charge in [0.05, 0.1) is 0 Å². The molecule has 0 aliphatic carbocycles. The van der Waals surface area contributed by atoms with Crippen molar-refractivity contribution in [3.8, 4) is 0 Å². The third-order valence-electron chi connectivity index (χ3n) is 0.615. The molecule has 0 aromatic rings. The van der Waals surface area contributed by atoms with Gasteiger partial charge in [-0.1, -0.05) is 21.6 Å². The number of hydrogen-bond donors (Lipinski definition) is 4. The van der Waals surface area contributed by atoms with E-state index in [2.05, 4.69) is 12.6 Å². The predicted molar refractivity (Wildman–Crippen MR) is 65.9 cm³/mol. The van der Waals surface area contributed by atoms with Gasteiger partial charge in [0.2, 0.25) is 0 Å². The minimum Gasteiger partial charge on any atom is -0.330 e. The molecule has 0 spiro atoms. The molecular weight excluding hydrogens is 210 g/mol. The molecule has 0 atom stereocenters. The molecule has 3 nitrogen and oxygen atoms in total. The van der Waals surface area contributed by atoms with Gasteiger partial charge >= 0.3 is 0 Å². The minimum absolute atomic E-state index is 0.684. The van der Waals surface area contributed by atoms with E-state index in [4.69, 9.17) is 17.2 Å². The summed E-state index contributed by atoms with van der Waals surface area (Å²) >= 11 is 3.80. The standard InChI is InChI=1S/C4H12N2S2.C2H7NS/c5-1-3-7-8-4-2-6;3-1-2-4/h1-6H2;4H,1-3H2. The lowest BCUT2D eigenvalue weighted by Crippen LogP contribution is -2.02. The average Bonchev–Trinajstić information content (AvgIpc) is 2.13. The van der Waals surface area contributed by atoms with E-state index >= 15 is 0 Å². The molecule has 6 heteroatoms. The Labute approximate surface area is 88.4 Å². The largest absolute Gasteiger partial charge is 0.330 e. The SMILES string of the molecule is NCCS.NCCSSCCN. The molecule has 0 aliphatic heterocycles. The fourth-order valence-electron chi connectivity index (χ4n) is 0.214. The zero-order chi connectivity index (χ0) is 9.66. The van der Waals surface area contributed by atoms with Crippen LogP contribution >= 0.6 is 34.2 Å². The molecular formula is C6H19N3S3. The third-order valence-corrected chi connectivity index (χ3v) is 3.34. The van der Waals surface area contributed by atoms with E-state index < -0.39 is 0 Å². The second kappa shape index (κ2) is 17.9. The van der Waals surface area contributed by atoms with Crippen LogP contribution in [0.15, 0.2) is 0 Å². The summed E-state index contributed by atoms with van der Waals surface area (Å²) in [7, 11) is 3.58. The second-order valence-corrected chi connectivity index (χ2v) is 4.88. The first kappa shape index (κ1) is 15.4. The molecule has 0 bridgehead atoms. The van der Waals surface area contributed by atoms with Gasteiger partial charge in [0.15, 0.2) is 0 Å². The highest BCUT2D eigenvalue weighted by Crippen LogP contribution is 2.18. The third kappa shape index (κ3) is 22.4. The molecule has 0 aliphatic rings. The minimum atomic E-state index is 0.684. The van der Waals surface area contributed by atoms with E-state index in [0.29, 0.717) is 6.54 Å². The van der Waals surface area contributed by atoms with Crippen molar-refractivity contribution in [1.29, 1.82) is 0 Å². The highest BCUT2D eigenvalue weighted by Gasteiger charge is 1.84. The Bertz CT molecular complexity index is 58.0. The lowest BCUT2D eigenvalue weighted by molar-refractivity contribution is 1.15. The molecule has 0 radical (unpaired) electrons. The highest BCUT2D eigenvalue weighted by atomic mass is 33.1. The van der Waals surface area contributed by atoms with Crippen LogP contribution in [-0.4, -0.2) is 36.9 Å². The Morgan fingerprint density at radius 3 is 1.33 bits per heavy atom. The Balaban J connectivity index is 0. The van der Waals surface area contributed by atoms with Crippen LogP contribution in [0.25, 0.3) is 0 Å². The van der Waals surface area contributed by atoms with Gasteiger partial charge < -0.3 is 17.2 Å². The van der Waals surface area contributed by atoms with Gasteiger partial charge in [-0.2, -0.15) is 12.6 Å². The van der Waals surface area contributed by atoms with Crippen molar-refractivity contribution in [3.63, 3.8) is 0 Å². The lowest BCUT2D eigenvalue weighted by Gasteiger charge is -1.93. The predicted octanol–water partition coefficient (Wildman–Crippen LogP) is 0.160. The Morgan fingerprint density at radius 1 is 0.833 bits per heavy atom. The molecule has 0 saturated carbocycles. The molecule has 6 N–H and O–H groups in total. The van der Waals surface area contributed by atoms with Gasteiger partial charge in [-0.05, 0) is 0 Å². The fraction of sp³-hybridized carbons (Fsp3) is 1.00. The first-order valence-corrected chi connectivity index (χ1v) is 6.91. The summed E-state index contributed by atoms with van der Waals surface area (Å²) in [5, 5.41) is 0. The van der Waals surface area contributed by atoms with Crippen LogP contribution in [0.3, 0.4) is 0 Å². The Hall–Kier alpha value is 0.930.